The van der Waals surface area contributed by atoms with Gasteiger partial charge >= 0.3 is 5.97 Å². The molecular formula is C26H29ClN6O4. The molecule has 3 atom stereocenters. The van der Waals surface area contributed by atoms with E-state index in [0.717, 1.165) is 18.2 Å². The molecule has 0 spiro atoms. The number of cyclic esters (lactones) is 1. The first-order valence-electron chi connectivity index (χ1n) is 12.6. The van der Waals surface area contributed by atoms with E-state index in [0.29, 0.717) is 52.7 Å². The van der Waals surface area contributed by atoms with Crippen molar-refractivity contribution >= 4 is 51.6 Å². The molecule has 1 aromatic carbocycles. The third kappa shape index (κ3) is 4.48. The molecule has 0 amide bonds. The number of benzene rings is 1. The maximum Gasteiger partial charge on any atom is 0.346 e. The van der Waals surface area contributed by atoms with Gasteiger partial charge in [0.05, 0.1) is 35.7 Å². The quantitative estimate of drug-likeness (QED) is 0.493. The number of esters is 1. The van der Waals surface area contributed by atoms with E-state index in [2.05, 4.69) is 20.5 Å². The molecule has 1 saturated carbocycles. The molecule has 11 heteroatoms. The Morgan fingerprint density at radius 2 is 1.92 bits per heavy atom. The van der Waals surface area contributed by atoms with Crippen molar-refractivity contribution in [2.24, 2.45) is 13.0 Å². The summed E-state index contributed by atoms with van der Waals surface area (Å²) in [6.07, 6.45) is 3.89. The lowest BCUT2D eigenvalue weighted by atomic mass is 10.1. The van der Waals surface area contributed by atoms with Gasteiger partial charge in [-0.05, 0) is 50.8 Å². The Balaban J connectivity index is 1.39. The van der Waals surface area contributed by atoms with Gasteiger partial charge in [0.15, 0.2) is 5.82 Å². The van der Waals surface area contributed by atoms with E-state index in [9.17, 15) is 9.59 Å². The Hall–Kier alpha value is -3.37. The highest BCUT2D eigenvalue weighted by molar-refractivity contribution is 6.33. The number of hydrogen-bond acceptors (Lipinski definition) is 9. The van der Waals surface area contributed by atoms with Crippen molar-refractivity contribution in [1.82, 2.24) is 14.5 Å². The molecular weight excluding hydrogens is 496 g/mol. The molecule has 2 aliphatic heterocycles. The zero-order valence-electron chi connectivity index (χ0n) is 21.0. The van der Waals surface area contributed by atoms with Crippen molar-refractivity contribution in [1.29, 1.82) is 0 Å². The lowest BCUT2D eigenvalue weighted by Gasteiger charge is -2.35. The molecule has 0 radical (unpaired) electrons. The summed E-state index contributed by atoms with van der Waals surface area (Å²) >= 11 is 6.47. The zero-order chi connectivity index (χ0) is 25.8. The minimum Gasteiger partial charge on any atom is -0.460 e. The lowest BCUT2D eigenvalue weighted by Crippen LogP contribution is -2.46. The Labute approximate surface area is 218 Å². The van der Waals surface area contributed by atoms with E-state index in [1.165, 1.54) is 4.57 Å². The van der Waals surface area contributed by atoms with Crippen molar-refractivity contribution in [3.05, 3.63) is 45.3 Å². The highest BCUT2D eigenvalue weighted by atomic mass is 35.5. The predicted molar refractivity (Wildman–Crippen MR) is 142 cm³/mol. The summed E-state index contributed by atoms with van der Waals surface area (Å²) in [6.45, 7) is 5.68. The van der Waals surface area contributed by atoms with Gasteiger partial charge in [-0.3, -0.25) is 4.79 Å². The van der Waals surface area contributed by atoms with E-state index < -0.39 is 5.97 Å². The first-order valence-corrected chi connectivity index (χ1v) is 13.0. The van der Waals surface area contributed by atoms with Gasteiger partial charge < -0.3 is 29.6 Å². The standard InChI is InChI=1S/C26H29ClN6O4/c1-13-10-33(11-14(2)37-13)26-28-9-18(27)23(31-26)29-16-6-7-20-17(8-16)22-21(24(34)32(20)3)25(35)36-12-19(30-22)15-4-5-15/h6-9,13-15,19,30H,4-5,10-12H2,1-3H3,(H,28,29,31)/t13-,14+,19-/m1/s1. The molecule has 4 heterocycles. The van der Waals surface area contributed by atoms with Gasteiger partial charge in [0, 0.05) is 31.2 Å². The number of carbonyl (C=O) groups is 1. The Morgan fingerprint density at radius 3 is 2.65 bits per heavy atom. The summed E-state index contributed by atoms with van der Waals surface area (Å²) in [6, 6.07) is 5.60. The van der Waals surface area contributed by atoms with Crippen LogP contribution in [-0.2, 0) is 16.5 Å². The number of hydrogen-bond donors (Lipinski definition) is 2. The predicted octanol–water partition coefficient (Wildman–Crippen LogP) is 3.70. The SMILES string of the molecule is C[C@@H]1CN(c2ncc(Cl)c(Nc3ccc4c(c3)c3c(c(=O)n4C)C(=O)OC[C@H](C4CC4)N3)n2)C[C@H](C)O1. The van der Waals surface area contributed by atoms with Crippen molar-refractivity contribution in [2.75, 3.05) is 35.2 Å². The fourth-order valence-corrected chi connectivity index (χ4v) is 5.40. The molecule has 1 aliphatic carbocycles. The molecule has 37 heavy (non-hydrogen) atoms. The van der Waals surface area contributed by atoms with Crippen LogP contribution in [0.2, 0.25) is 5.02 Å². The molecule has 1 saturated heterocycles. The molecule has 3 aromatic rings. The number of halogens is 1. The number of anilines is 4. The summed E-state index contributed by atoms with van der Waals surface area (Å²) in [5.41, 5.74) is 1.59. The Bertz CT molecular complexity index is 1450. The number of carbonyl (C=O) groups excluding carboxylic acids is 1. The fourth-order valence-electron chi connectivity index (χ4n) is 5.26. The van der Waals surface area contributed by atoms with Crippen LogP contribution in [0.15, 0.2) is 29.2 Å². The molecule has 194 valence electrons. The molecule has 10 nitrogen and oxygen atoms in total. The minimum absolute atomic E-state index is 0.0192. The molecule has 2 N–H and O–H groups in total. The first-order chi connectivity index (χ1) is 17.8. The third-order valence-corrected chi connectivity index (χ3v) is 7.49. The van der Waals surface area contributed by atoms with Gasteiger partial charge in [-0.15, -0.1) is 0 Å². The zero-order valence-corrected chi connectivity index (χ0v) is 21.7. The number of pyridine rings is 1. The number of aryl methyl sites for hydroxylation is 1. The third-order valence-electron chi connectivity index (χ3n) is 7.21. The van der Waals surface area contributed by atoms with Crippen molar-refractivity contribution in [2.45, 2.75) is 44.9 Å². The van der Waals surface area contributed by atoms with Gasteiger partial charge in [0.1, 0.15) is 17.2 Å². The normalized spacial score (nSPS) is 23.7. The van der Waals surface area contributed by atoms with Crippen LogP contribution in [0, 0.1) is 5.92 Å². The number of aromatic nitrogens is 3. The van der Waals surface area contributed by atoms with Gasteiger partial charge in [-0.25, -0.2) is 9.78 Å². The molecule has 3 aliphatic rings. The monoisotopic (exact) mass is 524 g/mol. The average Bonchev–Trinajstić information content (AvgIpc) is 3.71. The van der Waals surface area contributed by atoms with Gasteiger partial charge in [-0.2, -0.15) is 4.98 Å². The van der Waals surface area contributed by atoms with Crippen molar-refractivity contribution in [3.8, 4) is 0 Å². The van der Waals surface area contributed by atoms with Gasteiger partial charge in [0.25, 0.3) is 5.56 Å². The Kier molecular flexibility index (Phi) is 5.95. The number of morpholine rings is 1. The number of nitrogens with one attached hydrogen (secondary N) is 2. The molecule has 6 rings (SSSR count). The molecule has 2 aromatic heterocycles. The summed E-state index contributed by atoms with van der Waals surface area (Å²) in [4.78, 5) is 37.1. The number of rotatable bonds is 4. The van der Waals surface area contributed by atoms with Crippen molar-refractivity contribution < 1.29 is 14.3 Å². The lowest BCUT2D eigenvalue weighted by molar-refractivity contribution is -0.00571. The highest BCUT2D eigenvalue weighted by Crippen LogP contribution is 2.38. The Morgan fingerprint density at radius 1 is 1.16 bits per heavy atom. The second kappa shape index (κ2) is 9.18. The van der Waals surface area contributed by atoms with E-state index >= 15 is 0 Å². The van der Waals surface area contributed by atoms with Crippen LogP contribution in [0.3, 0.4) is 0 Å². The van der Waals surface area contributed by atoms with Crippen LogP contribution in [0.1, 0.15) is 37.0 Å². The van der Waals surface area contributed by atoms with E-state index in [-0.39, 0.29) is 36.0 Å². The smallest absolute Gasteiger partial charge is 0.346 e. The summed E-state index contributed by atoms with van der Waals surface area (Å²) < 4.78 is 12.8. The molecule has 0 unspecified atom stereocenters. The van der Waals surface area contributed by atoms with Crippen LogP contribution < -0.4 is 21.1 Å². The molecule has 0 bridgehead atoms. The van der Waals surface area contributed by atoms with Crippen LogP contribution >= 0.6 is 11.6 Å². The van der Waals surface area contributed by atoms with Gasteiger partial charge in [0.2, 0.25) is 5.95 Å². The summed E-state index contributed by atoms with van der Waals surface area (Å²) in [7, 11) is 1.66. The maximum atomic E-state index is 13.1. The number of ether oxygens (including phenoxy) is 2. The van der Waals surface area contributed by atoms with Gasteiger partial charge in [-0.1, -0.05) is 11.6 Å². The second-order valence-corrected chi connectivity index (χ2v) is 10.6. The molecule has 2 fully saturated rings. The maximum absolute atomic E-state index is 13.1. The van der Waals surface area contributed by atoms with Crippen LogP contribution in [0.5, 0.6) is 0 Å². The van der Waals surface area contributed by atoms with E-state index in [4.69, 9.17) is 26.1 Å². The number of nitrogens with zero attached hydrogens (tertiary/aromatic N) is 4. The van der Waals surface area contributed by atoms with Crippen LogP contribution in [0.25, 0.3) is 10.9 Å². The average molecular weight is 525 g/mol. The number of fused-ring (bicyclic) bond motifs is 3. The van der Waals surface area contributed by atoms with E-state index in [1.54, 1.807) is 13.2 Å². The summed E-state index contributed by atoms with van der Waals surface area (Å²) in [5.74, 6) is 0.881. The van der Waals surface area contributed by atoms with Crippen LogP contribution in [-0.4, -0.2) is 58.5 Å². The summed E-state index contributed by atoms with van der Waals surface area (Å²) in [5, 5.41) is 7.90. The highest BCUT2D eigenvalue weighted by Gasteiger charge is 2.37. The largest absolute Gasteiger partial charge is 0.460 e. The first kappa shape index (κ1) is 24.0. The van der Waals surface area contributed by atoms with Crippen molar-refractivity contribution in [3.63, 3.8) is 0 Å². The fraction of sp³-hybridized carbons (Fsp3) is 0.462. The topological polar surface area (TPSA) is 111 Å². The van der Waals surface area contributed by atoms with E-state index in [1.807, 2.05) is 32.0 Å². The second-order valence-electron chi connectivity index (χ2n) is 10.2. The van der Waals surface area contributed by atoms with Crippen LogP contribution in [0.4, 0.5) is 23.1 Å². The minimum atomic E-state index is -0.594.